The third-order valence-electron chi connectivity index (χ3n) is 1.67. The molecule has 0 saturated heterocycles. The van der Waals surface area contributed by atoms with E-state index in [1.54, 1.807) is 0 Å². The van der Waals surface area contributed by atoms with Crippen molar-refractivity contribution >= 4 is 0 Å². The molecule has 0 rings (SSSR count). The third kappa shape index (κ3) is 5.65. The van der Waals surface area contributed by atoms with Gasteiger partial charge in [0.25, 0.3) is 0 Å². The topological polar surface area (TPSA) is 0 Å². The van der Waals surface area contributed by atoms with Crippen LogP contribution in [0.3, 0.4) is 0 Å². The molecule has 0 unspecified atom stereocenters. The lowest BCUT2D eigenvalue weighted by Crippen LogP contribution is -2.03. The van der Waals surface area contributed by atoms with Gasteiger partial charge in [-0.05, 0) is 18.3 Å². The molecule has 0 N–H and O–H groups in total. The Morgan fingerprint density at radius 2 is 1.82 bits per heavy atom. The smallest absolute Gasteiger partial charge is 0.0143 e. The van der Waals surface area contributed by atoms with Crippen LogP contribution < -0.4 is 0 Å². The van der Waals surface area contributed by atoms with E-state index >= 15 is 0 Å². The minimum atomic E-state index is 0.234. The number of hydrogen-bond acceptors (Lipinski definition) is 0. The second kappa shape index (κ2) is 4.95. The summed E-state index contributed by atoms with van der Waals surface area (Å²) in [7, 11) is 0. The Kier molecular flexibility index (Phi) is 4.60. The molecule has 0 saturated carbocycles. The summed E-state index contributed by atoms with van der Waals surface area (Å²) in [4.78, 5) is 0. The van der Waals surface area contributed by atoms with Gasteiger partial charge in [0.05, 0.1) is 0 Å². The zero-order valence-electron chi connectivity index (χ0n) is 7.64. The van der Waals surface area contributed by atoms with E-state index in [9.17, 15) is 0 Å². The maximum Gasteiger partial charge on any atom is -0.0143 e. The Morgan fingerprint density at radius 3 is 2.27 bits per heavy atom. The highest BCUT2D eigenvalue weighted by molar-refractivity contribution is 4.97. The molecule has 0 fully saturated rings. The van der Waals surface area contributed by atoms with Crippen molar-refractivity contribution in [1.82, 2.24) is 0 Å². The summed E-state index contributed by atoms with van der Waals surface area (Å²) < 4.78 is 0. The molecule has 11 heavy (non-hydrogen) atoms. The van der Waals surface area contributed by atoms with Crippen molar-refractivity contribution in [3.63, 3.8) is 0 Å². The van der Waals surface area contributed by atoms with Crippen molar-refractivity contribution in [1.29, 1.82) is 0 Å². The van der Waals surface area contributed by atoms with E-state index in [0.717, 1.165) is 12.8 Å². The lowest BCUT2D eigenvalue weighted by Gasteiger charge is -2.16. The minimum Gasteiger partial charge on any atom is -0.103 e. The summed E-state index contributed by atoms with van der Waals surface area (Å²) in [5.41, 5.74) is 0.234. The van der Waals surface area contributed by atoms with Crippen LogP contribution in [-0.2, 0) is 0 Å². The summed E-state index contributed by atoms with van der Waals surface area (Å²) in [5, 5.41) is 0. The van der Waals surface area contributed by atoms with Crippen LogP contribution in [-0.4, -0.2) is 0 Å². The van der Waals surface area contributed by atoms with Crippen LogP contribution in [0, 0.1) is 5.41 Å². The first-order chi connectivity index (χ1) is 5.12. The van der Waals surface area contributed by atoms with Gasteiger partial charge in [0, 0.05) is 0 Å². The Hall–Kier alpha value is -0.780. The number of allylic oxidation sites excluding steroid dienone is 4. The van der Waals surface area contributed by atoms with Crippen LogP contribution in [0.15, 0.2) is 37.5 Å². The van der Waals surface area contributed by atoms with Gasteiger partial charge in [-0.15, -0.1) is 13.2 Å². The van der Waals surface area contributed by atoms with Gasteiger partial charge in [0.2, 0.25) is 0 Å². The molecule has 0 aromatic heterocycles. The fourth-order valence-corrected chi connectivity index (χ4v) is 0.663. The first-order valence-corrected chi connectivity index (χ1v) is 4.02. The number of rotatable bonds is 5. The van der Waals surface area contributed by atoms with Gasteiger partial charge < -0.3 is 0 Å². The zero-order valence-corrected chi connectivity index (χ0v) is 7.64. The highest BCUT2D eigenvalue weighted by Gasteiger charge is 2.08. The zero-order chi connectivity index (χ0) is 8.74. The van der Waals surface area contributed by atoms with E-state index in [-0.39, 0.29) is 5.41 Å². The minimum absolute atomic E-state index is 0.234. The highest BCUT2D eigenvalue weighted by Crippen LogP contribution is 2.21. The van der Waals surface area contributed by atoms with E-state index in [4.69, 9.17) is 0 Å². The van der Waals surface area contributed by atoms with Crippen LogP contribution in [0.25, 0.3) is 0 Å². The second-order valence-electron chi connectivity index (χ2n) is 3.39. The fraction of sp³-hybridized carbons (Fsp3) is 0.455. The molecule has 62 valence electrons. The van der Waals surface area contributed by atoms with Gasteiger partial charge in [0.15, 0.2) is 0 Å². The lowest BCUT2D eigenvalue weighted by molar-refractivity contribution is 0.490. The fourth-order valence-electron chi connectivity index (χ4n) is 0.663. The van der Waals surface area contributed by atoms with Gasteiger partial charge in [-0.1, -0.05) is 38.2 Å². The average Bonchev–Trinajstić information content (AvgIpc) is 1.99. The predicted octanol–water partition coefficient (Wildman–Crippen LogP) is 3.72. The van der Waals surface area contributed by atoms with E-state index < -0.39 is 0 Å². The SMILES string of the molecule is C=CC/C=C/CC(C)(C)C=C. The highest BCUT2D eigenvalue weighted by atomic mass is 14.1. The third-order valence-corrected chi connectivity index (χ3v) is 1.67. The van der Waals surface area contributed by atoms with Gasteiger partial charge in [-0.3, -0.25) is 0 Å². The molecule has 0 bridgehead atoms. The van der Waals surface area contributed by atoms with Gasteiger partial charge >= 0.3 is 0 Å². The van der Waals surface area contributed by atoms with Crippen molar-refractivity contribution in [2.24, 2.45) is 5.41 Å². The molecular weight excluding hydrogens is 132 g/mol. The van der Waals surface area contributed by atoms with Crippen LogP contribution >= 0.6 is 0 Å². The van der Waals surface area contributed by atoms with Crippen molar-refractivity contribution < 1.29 is 0 Å². The Balaban J connectivity index is 3.67. The van der Waals surface area contributed by atoms with E-state index in [1.165, 1.54) is 0 Å². The second-order valence-corrected chi connectivity index (χ2v) is 3.39. The van der Waals surface area contributed by atoms with Crippen LogP contribution in [0.1, 0.15) is 26.7 Å². The van der Waals surface area contributed by atoms with Gasteiger partial charge in [-0.2, -0.15) is 0 Å². The molecule has 0 nitrogen and oxygen atoms in total. The van der Waals surface area contributed by atoms with Gasteiger partial charge in [-0.25, -0.2) is 0 Å². The van der Waals surface area contributed by atoms with Crippen LogP contribution in [0.5, 0.6) is 0 Å². The average molecular weight is 150 g/mol. The largest absolute Gasteiger partial charge is 0.103 e. The molecule has 0 aromatic carbocycles. The normalized spacial score (nSPS) is 11.8. The lowest BCUT2D eigenvalue weighted by atomic mass is 9.89. The van der Waals surface area contributed by atoms with Crippen LogP contribution in [0.4, 0.5) is 0 Å². The van der Waals surface area contributed by atoms with Gasteiger partial charge in [0.1, 0.15) is 0 Å². The monoisotopic (exact) mass is 150 g/mol. The first-order valence-electron chi connectivity index (χ1n) is 4.02. The molecule has 0 aliphatic rings. The molecule has 0 atom stereocenters. The molecule has 0 aliphatic heterocycles. The molecule has 0 heteroatoms. The Labute approximate surface area is 70.3 Å². The molecule has 0 radical (unpaired) electrons. The van der Waals surface area contributed by atoms with E-state index in [1.807, 2.05) is 12.2 Å². The standard InChI is InChI=1S/C11H18/c1-5-7-8-9-10-11(3,4)6-2/h5-6,8-9H,1-2,7,10H2,3-4H3/b9-8+. The maximum absolute atomic E-state index is 3.78. The van der Waals surface area contributed by atoms with Crippen molar-refractivity contribution in [3.8, 4) is 0 Å². The van der Waals surface area contributed by atoms with Crippen molar-refractivity contribution in [2.75, 3.05) is 0 Å². The Morgan fingerprint density at radius 1 is 1.18 bits per heavy atom. The maximum atomic E-state index is 3.78. The van der Waals surface area contributed by atoms with Crippen molar-refractivity contribution in [3.05, 3.63) is 37.5 Å². The molecular formula is C11H18. The molecule has 0 spiro atoms. The summed E-state index contributed by atoms with van der Waals surface area (Å²) in [6.07, 6.45) is 10.2. The quantitative estimate of drug-likeness (QED) is 0.524. The molecule has 0 aromatic rings. The molecule has 0 aliphatic carbocycles. The van der Waals surface area contributed by atoms with Crippen LogP contribution in [0.2, 0.25) is 0 Å². The summed E-state index contributed by atoms with van der Waals surface area (Å²) >= 11 is 0. The first kappa shape index (κ1) is 10.2. The predicted molar refractivity (Wildman–Crippen MR) is 52.5 cm³/mol. The Bertz CT molecular complexity index is 149. The summed E-state index contributed by atoms with van der Waals surface area (Å²) in [6.45, 7) is 11.8. The molecule has 0 amide bonds. The molecule has 0 heterocycles. The van der Waals surface area contributed by atoms with E-state index in [0.29, 0.717) is 0 Å². The summed E-state index contributed by atoms with van der Waals surface area (Å²) in [6, 6.07) is 0. The van der Waals surface area contributed by atoms with E-state index in [2.05, 4.69) is 39.2 Å². The summed E-state index contributed by atoms with van der Waals surface area (Å²) in [5.74, 6) is 0. The van der Waals surface area contributed by atoms with Crippen molar-refractivity contribution in [2.45, 2.75) is 26.7 Å². The number of hydrogen-bond donors (Lipinski definition) is 0.